The normalized spacial score (nSPS) is 11.1. The molecule has 0 saturated carbocycles. The van der Waals surface area contributed by atoms with Crippen LogP contribution in [0, 0.1) is 13.8 Å². The number of aryl methyl sites for hydroxylation is 2. The molecular weight excluding hydrogens is 256 g/mol. The zero-order valence-electron chi connectivity index (χ0n) is 10.9. The summed E-state index contributed by atoms with van der Waals surface area (Å²) < 4.78 is 1.95. The van der Waals surface area contributed by atoms with Gasteiger partial charge in [-0.3, -0.25) is 9.20 Å². The van der Waals surface area contributed by atoms with E-state index in [1.807, 2.05) is 54.2 Å². The molecule has 0 aliphatic heterocycles. The molecular formula is C15H14N2OS. The third kappa shape index (κ3) is 2.31. The lowest BCUT2D eigenvalue weighted by Crippen LogP contribution is -2.04. The molecule has 3 aromatic rings. The Morgan fingerprint density at radius 1 is 1.32 bits per heavy atom. The first kappa shape index (κ1) is 12.1. The van der Waals surface area contributed by atoms with Crippen molar-refractivity contribution in [3.8, 4) is 0 Å². The molecule has 0 aliphatic rings. The Labute approximate surface area is 115 Å². The number of fused-ring (bicyclic) bond motifs is 1. The van der Waals surface area contributed by atoms with Crippen molar-refractivity contribution in [2.24, 2.45) is 0 Å². The van der Waals surface area contributed by atoms with Crippen LogP contribution >= 0.6 is 11.3 Å². The molecule has 0 fully saturated rings. The summed E-state index contributed by atoms with van der Waals surface area (Å²) in [7, 11) is 0. The van der Waals surface area contributed by atoms with Gasteiger partial charge < -0.3 is 0 Å². The van der Waals surface area contributed by atoms with Crippen molar-refractivity contribution >= 4 is 22.1 Å². The number of hydrogen-bond donors (Lipinski definition) is 0. The maximum atomic E-state index is 12.2. The highest BCUT2D eigenvalue weighted by atomic mass is 32.1. The molecule has 0 N–H and O–H groups in total. The highest BCUT2D eigenvalue weighted by Gasteiger charge is 2.11. The van der Waals surface area contributed by atoms with Crippen LogP contribution in [0.2, 0.25) is 0 Å². The number of imidazole rings is 1. The van der Waals surface area contributed by atoms with E-state index in [9.17, 15) is 4.79 Å². The highest BCUT2D eigenvalue weighted by molar-refractivity contribution is 7.15. The standard InChI is InChI=1S/C15H14N2OS/c1-10-3-4-12(7-11(10)2)14(18)8-13-9-17-5-6-19-15(17)16-13/h3-7,9H,8H2,1-2H3. The minimum Gasteiger partial charge on any atom is -0.297 e. The smallest absolute Gasteiger partial charge is 0.193 e. The number of hydrogen-bond acceptors (Lipinski definition) is 3. The van der Waals surface area contributed by atoms with Gasteiger partial charge in [-0.05, 0) is 31.0 Å². The summed E-state index contributed by atoms with van der Waals surface area (Å²) in [5.41, 5.74) is 3.95. The van der Waals surface area contributed by atoms with E-state index in [2.05, 4.69) is 4.98 Å². The molecule has 2 heterocycles. The average molecular weight is 270 g/mol. The van der Waals surface area contributed by atoms with Crippen LogP contribution in [-0.2, 0) is 6.42 Å². The number of rotatable bonds is 3. The first-order valence-corrected chi connectivity index (χ1v) is 7.03. The molecule has 4 heteroatoms. The second-order valence-electron chi connectivity index (χ2n) is 4.72. The van der Waals surface area contributed by atoms with Crippen LogP contribution in [0.3, 0.4) is 0 Å². The van der Waals surface area contributed by atoms with Gasteiger partial charge in [-0.1, -0.05) is 12.1 Å². The van der Waals surface area contributed by atoms with E-state index in [1.165, 1.54) is 5.56 Å². The molecule has 0 spiro atoms. The Balaban J connectivity index is 1.84. The van der Waals surface area contributed by atoms with E-state index in [-0.39, 0.29) is 5.78 Å². The summed E-state index contributed by atoms with van der Waals surface area (Å²) in [5, 5.41) is 1.98. The number of nitrogens with zero attached hydrogens (tertiary/aromatic N) is 2. The van der Waals surface area contributed by atoms with Gasteiger partial charge in [0.25, 0.3) is 0 Å². The number of carbonyl (C=O) groups excluding carboxylic acids is 1. The molecule has 0 saturated heterocycles. The number of Topliss-reactive ketones (excluding diaryl/α,β-unsaturated/α-hetero) is 1. The van der Waals surface area contributed by atoms with Gasteiger partial charge in [0.1, 0.15) is 0 Å². The maximum Gasteiger partial charge on any atom is 0.193 e. The fraction of sp³-hybridized carbons (Fsp3) is 0.200. The topological polar surface area (TPSA) is 34.4 Å². The van der Waals surface area contributed by atoms with Gasteiger partial charge in [-0.2, -0.15) is 0 Å². The molecule has 3 nitrogen and oxygen atoms in total. The number of aromatic nitrogens is 2. The maximum absolute atomic E-state index is 12.2. The monoisotopic (exact) mass is 270 g/mol. The van der Waals surface area contributed by atoms with Crippen LogP contribution in [-0.4, -0.2) is 15.2 Å². The van der Waals surface area contributed by atoms with Gasteiger partial charge >= 0.3 is 0 Å². The minimum atomic E-state index is 0.119. The van der Waals surface area contributed by atoms with E-state index >= 15 is 0 Å². The van der Waals surface area contributed by atoms with Gasteiger partial charge in [0.2, 0.25) is 0 Å². The van der Waals surface area contributed by atoms with Crippen LogP contribution in [0.25, 0.3) is 4.96 Å². The van der Waals surface area contributed by atoms with Crippen molar-refractivity contribution in [3.63, 3.8) is 0 Å². The van der Waals surface area contributed by atoms with Crippen LogP contribution < -0.4 is 0 Å². The van der Waals surface area contributed by atoms with Crippen molar-refractivity contribution in [2.75, 3.05) is 0 Å². The molecule has 19 heavy (non-hydrogen) atoms. The van der Waals surface area contributed by atoms with Crippen LogP contribution in [0.1, 0.15) is 27.2 Å². The van der Waals surface area contributed by atoms with Crippen molar-refractivity contribution in [3.05, 3.63) is 58.4 Å². The summed E-state index contributed by atoms with van der Waals surface area (Å²) in [4.78, 5) is 17.6. The fourth-order valence-corrected chi connectivity index (χ4v) is 2.76. The Kier molecular flexibility index (Phi) is 2.95. The number of ketones is 1. The zero-order valence-corrected chi connectivity index (χ0v) is 11.7. The van der Waals surface area contributed by atoms with Crippen molar-refractivity contribution in [2.45, 2.75) is 20.3 Å². The Morgan fingerprint density at radius 3 is 2.89 bits per heavy atom. The van der Waals surface area contributed by atoms with E-state index in [4.69, 9.17) is 0 Å². The number of thiazole rings is 1. The van der Waals surface area contributed by atoms with Gasteiger partial charge in [0.15, 0.2) is 10.7 Å². The predicted molar refractivity (Wildman–Crippen MR) is 77.0 cm³/mol. The van der Waals surface area contributed by atoms with Crippen LogP contribution in [0.5, 0.6) is 0 Å². The summed E-state index contributed by atoms with van der Waals surface area (Å²) in [6.07, 6.45) is 4.23. The van der Waals surface area contributed by atoms with E-state index < -0.39 is 0 Å². The SMILES string of the molecule is Cc1ccc(C(=O)Cc2cn3ccsc3n2)cc1C. The fourth-order valence-electron chi connectivity index (χ4n) is 2.04. The van der Waals surface area contributed by atoms with E-state index in [0.29, 0.717) is 6.42 Å². The zero-order chi connectivity index (χ0) is 13.4. The first-order valence-electron chi connectivity index (χ1n) is 6.15. The molecule has 2 aromatic heterocycles. The van der Waals surface area contributed by atoms with Crippen molar-refractivity contribution in [1.82, 2.24) is 9.38 Å². The lowest BCUT2D eigenvalue weighted by molar-refractivity contribution is 0.0992. The van der Waals surface area contributed by atoms with Gasteiger partial charge in [0, 0.05) is 23.3 Å². The number of benzene rings is 1. The second kappa shape index (κ2) is 4.63. The molecule has 96 valence electrons. The summed E-state index contributed by atoms with van der Waals surface area (Å²) in [6.45, 7) is 4.08. The van der Waals surface area contributed by atoms with Gasteiger partial charge in [-0.25, -0.2) is 4.98 Å². The quantitative estimate of drug-likeness (QED) is 0.683. The first-order chi connectivity index (χ1) is 9.13. The molecule has 1 aromatic carbocycles. The second-order valence-corrected chi connectivity index (χ2v) is 5.60. The lowest BCUT2D eigenvalue weighted by atomic mass is 10.0. The molecule has 0 bridgehead atoms. The minimum absolute atomic E-state index is 0.119. The van der Waals surface area contributed by atoms with Crippen LogP contribution in [0.4, 0.5) is 0 Å². The largest absolute Gasteiger partial charge is 0.297 e. The molecule has 0 amide bonds. The molecule has 0 radical (unpaired) electrons. The molecule has 0 unspecified atom stereocenters. The van der Waals surface area contributed by atoms with E-state index in [1.54, 1.807) is 11.3 Å². The predicted octanol–water partition coefficient (Wildman–Crippen LogP) is 3.44. The van der Waals surface area contributed by atoms with E-state index in [0.717, 1.165) is 21.8 Å². The lowest BCUT2D eigenvalue weighted by Gasteiger charge is -2.03. The highest BCUT2D eigenvalue weighted by Crippen LogP contribution is 2.15. The van der Waals surface area contributed by atoms with Crippen molar-refractivity contribution < 1.29 is 4.79 Å². The van der Waals surface area contributed by atoms with Crippen molar-refractivity contribution in [1.29, 1.82) is 0 Å². The summed E-state index contributed by atoms with van der Waals surface area (Å²) in [5.74, 6) is 0.119. The Morgan fingerprint density at radius 2 is 2.16 bits per heavy atom. The van der Waals surface area contributed by atoms with Gasteiger partial charge in [0.05, 0.1) is 12.1 Å². The summed E-state index contributed by atoms with van der Waals surface area (Å²) in [6, 6.07) is 5.84. The third-order valence-corrected chi connectivity index (χ3v) is 4.08. The Bertz CT molecular complexity index is 726. The average Bonchev–Trinajstić information content (AvgIpc) is 2.93. The third-order valence-electron chi connectivity index (χ3n) is 3.31. The molecule has 3 rings (SSSR count). The number of carbonyl (C=O) groups is 1. The molecule has 0 aliphatic carbocycles. The van der Waals surface area contributed by atoms with Gasteiger partial charge in [-0.15, -0.1) is 11.3 Å². The van der Waals surface area contributed by atoms with Crippen LogP contribution in [0.15, 0.2) is 36.0 Å². The summed E-state index contributed by atoms with van der Waals surface area (Å²) >= 11 is 1.58. The molecule has 0 atom stereocenters. The Hall–Kier alpha value is -1.94.